The summed E-state index contributed by atoms with van der Waals surface area (Å²) >= 11 is 1.53. The van der Waals surface area contributed by atoms with Gasteiger partial charge in [-0.15, -0.1) is 5.10 Å². The third-order valence-corrected chi connectivity index (χ3v) is 3.34. The number of tetrazole rings is 1. The van der Waals surface area contributed by atoms with E-state index in [1.54, 1.807) is 11.8 Å². The van der Waals surface area contributed by atoms with Crippen LogP contribution in [-0.4, -0.2) is 39.0 Å². The zero-order chi connectivity index (χ0) is 12.8. The predicted molar refractivity (Wildman–Crippen MR) is 67.5 cm³/mol. The Morgan fingerprint density at radius 3 is 3.11 bits per heavy atom. The highest BCUT2D eigenvalue weighted by Gasteiger charge is 2.06. The highest BCUT2D eigenvalue weighted by molar-refractivity contribution is 7.98. The second kappa shape index (κ2) is 6.36. The third-order valence-electron chi connectivity index (χ3n) is 2.31. The van der Waals surface area contributed by atoms with Crippen LogP contribution in [0, 0.1) is 0 Å². The molecule has 0 unspecified atom stereocenters. The van der Waals surface area contributed by atoms with Gasteiger partial charge in [-0.2, -0.15) is 0 Å². The van der Waals surface area contributed by atoms with Crippen LogP contribution in [0.15, 0.2) is 29.4 Å². The Morgan fingerprint density at radius 1 is 1.44 bits per heavy atom. The van der Waals surface area contributed by atoms with Gasteiger partial charge in [0.25, 0.3) is 0 Å². The van der Waals surface area contributed by atoms with Gasteiger partial charge in [-0.3, -0.25) is 0 Å². The number of aliphatic hydroxyl groups is 1. The molecule has 1 aromatic heterocycles. The van der Waals surface area contributed by atoms with Gasteiger partial charge in [-0.1, -0.05) is 23.9 Å². The largest absolute Gasteiger partial charge is 0.497 e. The topological polar surface area (TPSA) is 73.1 Å². The maximum atomic E-state index is 8.87. The first kappa shape index (κ1) is 12.8. The minimum absolute atomic E-state index is 0.0256. The van der Waals surface area contributed by atoms with E-state index < -0.39 is 0 Å². The summed E-state index contributed by atoms with van der Waals surface area (Å²) in [4.78, 5) is 0. The number of aromatic nitrogens is 4. The summed E-state index contributed by atoms with van der Waals surface area (Å²) in [5.41, 5.74) is 1.14. The van der Waals surface area contributed by atoms with Gasteiger partial charge in [0.1, 0.15) is 5.75 Å². The highest BCUT2D eigenvalue weighted by atomic mass is 32.2. The van der Waals surface area contributed by atoms with E-state index in [4.69, 9.17) is 9.84 Å². The molecule has 0 atom stereocenters. The fourth-order valence-corrected chi connectivity index (χ4v) is 2.29. The molecule has 96 valence electrons. The fraction of sp³-hybridized carbons (Fsp3) is 0.364. The van der Waals surface area contributed by atoms with Crippen LogP contribution >= 0.6 is 11.8 Å². The molecule has 0 bridgehead atoms. The van der Waals surface area contributed by atoms with Gasteiger partial charge in [-0.25, -0.2) is 4.68 Å². The Hall–Kier alpha value is -1.60. The van der Waals surface area contributed by atoms with E-state index in [0.29, 0.717) is 11.7 Å². The van der Waals surface area contributed by atoms with Crippen molar-refractivity contribution >= 4 is 11.8 Å². The van der Waals surface area contributed by atoms with Crippen molar-refractivity contribution in [1.29, 1.82) is 0 Å². The van der Waals surface area contributed by atoms with Gasteiger partial charge in [0, 0.05) is 5.75 Å². The van der Waals surface area contributed by atoms with Gasteiger partial charge in [0.2, 0.25) is 5.16 Å². The lowest BCUT2D eigenvalue weighted by Crippen LogP contribution is -2.05. The first-order valence-corrected chi connectivity index (χ1v) is 6.45. The normalized spacial score (nSPS) is 10.6. The van der Waals surface area contributed by atoms with Crippen LogP contribution in [0.1, 0.15) is 5.56 Å². The third kappa shape index (κ3) is 3.21. The number of thioether (sulfide) groups is 1. The molecule has 0 aliphatic rings. The van der Waals surface area contributed by atoms with Crippen molar-refractivity contribution in [2.24, 2.45) is 0 Å². The molecule has 0 saturated heterocycles. The molecular weight excluding hydrogens is 252 g/mol. The van der Waals surface area contributed by atoms with Gasteiger partial charge in [0.15, 0.2) is 0 Å². The maximum absolute atomic E-state index is 8.87. The summed E-state index contributed by atoms with van der Waals surface area (Å²) in [5, 5.41) is 20.9. The minimum atomic E-state index is 0.0256. The molecule has 0 radical (unpaired) electrons. The molecule has 6 nitrogen and oxygen atoms in total. The van der Waals surface area contributed by atoms with Crippen LogP contribution in [0.5, 0.6) is 5.75 Å². The van der Waals surface area contributed by atoms with Crippen LogP contribution in [0.2, 0.25) is 0 Å². The SMILES string of the molecule is COc1cccc(CSc2nnnn2CCO)c1. The second-order valence-corrected chi connectivity index (χ2v) is 4.49. The van der Waals surface area contributed by atoms with Crippen molar-refractivity contribution in [3.63, 3.8) is 0 Å². The van der Waals surface area contributed by atoms with Crippen LogP contribution in [0.25, 0.3) is 0 Å². The van der Waals surface area contributed by atoms with Crippen molar-refractivity contribution in [3.8, 4) is 5.75 Å². The first-order valence-electron chi connectivity index (χ1n) is 5.46. The summed E-state index contributed by atoms with van der Waals surface area (Å²) < 4.78 is 6.75. The fourth-order valence-electron chi connectivity index (χ4n) is 1.45. The number of ether oxygens (including phenoxy) is 1. The van der Waals surface area contributed by atoms with E-state index >= 15 is 0 Å². The Kier molecular flexibility index (Phi) is 4.54. The van der Waals surface area contributed by atoms with E-state index in [1.807, 2.05) is 24.3 Å². The number of benzene rings is 1. The van der Waals surface area contributed by atoms with E-state index in [2.05, 4.69) is 15.5 Å². The standard InChI is InChI=1S/C11H14N4O2S/c1-17-10-4-2-3-9(7-10)8-18-11-12-13-14-15(11)5-6-16/h2-4,7,16H,5-6,8H2,1H3. The van der Waals surface area contributed by atoms with Gasteiger partial charge in [0.05, 0.1) is 20.3 Å². The average Bonchev–Trinajstić information content (AvgIpc) is 2.85. The number of hydrogen-bond donors (Lipinski definition) is 1. The Bertz CT molecular complexity index is 503. The molecule has 0 aliphatic heterocycles. The quantitative estimate of drug-likeness (QED) is 0.785. The summed E-state index contributed by atoms with van der Waals surface area (Å²) in [6, 6.07) is 7.86. The summed E-state index contributed by atoms with van der Waals surface area (Å²) in [7, 11) is 1.65. The molecule has 2 rings (SSSR count). The number of methoxy groups -OCH3 is 1. The Balaban J connectivity index is 1.99. The van der Waals surface area contributed by atoms with Crippen molar-refractivity contribution in [2.45, 2.75) is 17.5 Å². The van der Waals surface area contributed by atoms with Gasteiger partial charge < -0.3 is 9.84 Å². The molecular formula is C11H14N4O2S. The molecule has 1 N–H and O–H groups in total. The van der Waals surface area contributed by atoms with Gasteiger partial charge >= 0.3 is 0 Å². The molecule has 0 amide bonds. The van der Waals surface area contributed by atoms with Crippen molar-refractivity contribution in [1.82, 2.24) is 20.2 Å². The zero-order valence-corrected chi connectivity index (χ0v) is 10.8. The maximum Gasteiger partial charge on any atom is 0.209 e. The molecule has 0 spiro atoms. The molecule has 2 aromatic rings. The molecule has 7 heteroatoms. The molecule has 18 heavy (non-hydrogen) atoms. The van der Waals surface area contributed by atoms with E-state index in [-0.39, 0.29) is 6.61 Å². The van der Waals surface area contributed by atoms with E-state index in [1.165, 1.54) is 11.8 Å². The van der Waals surface area contributed by atoms with Crippen LogP contribution in [0.4, 0.5) is 0 Å². The number of aliphatic hydroxyl groups excluding tert-OH is 1. The minimum Gasteiger partial charge on any atom is -0.497 e. The smallest absolute Gasteiger partial charge is 0.209 e. The first-order chi connectivity index (χ1) is 8.83. The van der Waals surface area contributed by atoms with Crippen LogP contribution < -0.4 is 4.74 Å². The monoisotopic (exact) mass is 266 g/mol. The second-order valence-electron chi connectivity index (χ2n) is 3.55. The highest BCUT2D eigenvalue weighted by Crippen LogP contribution is 2.22. The zero-order valence-electron chi connectivity index (χ0n) is 9.98. The molecule has 1 heterocycles. The summed E-state index contributed by atoms with van der Waals surface area (Å²) in [5.74, 6) is 1.59. The number of rotatable bonds is 6. The lowest BCUT2D eigenvalue weighted by atomic mass is 10.2. The van der Waals surface area contributed by atoms with E-state index in [9.17, 15) is 0 Å². The van der Waals surface area contributed by atoms with Crippen molar-refractivity contribution in [3.05, 3.63) is 29.8 Å². The van der Waals surface area contributed by atoms with Gasteiger partial charge in [-0.05, 0) is 28.1 Å². The van der Waals surface area contributed by atoms with Crippen LogP contribution in [-0.2, 0) is 12.3 Å². The summed E-state index contributed by atoms with van der Waals surface area (Å²) in [6.07, 6.45) is 0. The molecule has 1 aromatic carbocycles. The number of nitrogens with zero attached hydrogens (tertiary/aromatic N) is 4. The Labute approximate surface area is 109 Å². The lowest BCUT2D eigenvalue weighted by molar-refractivity contribution is 0.262. The Morgan fingerprint density at radius 2 is 2.33 bits per heavy atom. The molecule has 0 saturated carbocycles. The summed E-state index contributed by atoms with van der Waals surface area (Å²) in [6.45, 7) is 0.436. The average molecular weight is 266 g/mol. The van der Waals surface area contributed by atoms with E-state index in [0.717, 1.165) is 17.1 Å². The molecule has 0 fully saturated rings. The van der Waals surface area contributed by atoms with Crippen molar-refractivity contribution < 1.29 is 9.84 Å². The molecule has 0 aliphatic carbocycles. The van der Waals surface area contributed by atoms with Crippen LogP contribution in [0.3, 0.4) is 0 Å². The predicted octanol–water partition coefficient (Wildman–Crippen LogP) is 0.966. The lowest BCUT2D eigenvalue weighted by Gasteiger charge is -2.04. The number of hydrogen-bond acceptors (Lipinski definition) is 6. The van der Waals surface area contributed by atoms with Crippen molar-refractivity contribution in [2.75, 3.05) is 13.7 Å².